The molecule has 0 aliphatic rings. The van der Waals surface area contributed by atoms with Crippen LogP contribution < -0.4 is 10.5 Å². The maximum absolute atomic E-state index is 12.5. The Morgan fingerprint density at radius 2 is 1.90 bits per heavy atom. The van der Waals surface area contributed by atoms with Crippen LogP contribution in [-0.4, -0.2) is 19.4 Å². The molecule has 0 saturated heterocycles. The van der Waals surface area contributed by atoms with E-state index in [-0.39, 0.29) is 11.2 Å². The summed E-state index contributed by atoms with van der Waals surface area (Å²) in [6.45, 7) is 8.95. The topological polar surface area (TPSA) is 52.3 Å². The fourth-order valence-corrected chi connectivity index (χ4v) is 2.54. The van der Waals surface area contributed by atoms with Crippen molar-refractivity contribution >= 4 is 5.78 Å². The van der Waals surface area contributed by atoms with Crippen LogP contribution in [0.2, 0.25) is 0 Å². The minimum absolute atomic E-state index is 0.107. The van der Waals surface area contributed by atoms with E-state index in [1.54, 1.807) is 7.11 Å². The lowest BCUT2D eigenvalue weighted by Gasteiger charge is -2.23. The maximum Gasteiger partial charge on any atom is 0.166 e. The molecule has 1 aromatic carbocycles. The first-order valence-electron chi connectivity index (χ1n) is 7.19. The summed E-state index contributed by atoms with van der Waals surface area (Å²) in [6.07, 6.45) is 2.32. The highest BCUT2D eigenvalue weighted by Crippen LogP contribution is 2.30. The lowest BCUT2D eigenvalue weighted by atomic mass is 9.82. The largest absolute Gasteiger partial charge is 0.496 e. The van der Waals surface area contributed by atoms with Gasteiger partial charge in [-0.2, -0.15) is 0 Å². The first-order valence-corrected chi connectivity index (χ1v) is 7.19. The molecule has 0 aromatic heterocycles. The van der Waals surface area contributed by atoms with Gasteiger partial charge in [-0.15, -0.1) is 0 Å². The molecule has 112 valence electrons. The molecule has 0 heterocycles. The summed E-state index contributed by atoms with van der Waals surface area (Å²) in [6, 6.07) is 3.95. The van der Waals surface area contributed by atoms with E-state index >= 15 is 0 Å². The van der Waals surface area contributed by atoms with Gasteiger partial charge in [-0.05, 0) is 55.8 Å². The van der Waals surface area contributed by atoms with E-state index in [4.69, 9.17) is 10.5 Å². The zero-order valence-corrected chi connectivity index (χ0v) is 13.4. The summed E-state index contributed by atoms with van der Waals surface area (Å²) in [5, 5.41) is 0. The van der Waals surface area contributed by atoms with Gasteiger partial charge in [-0.1, -0.05) is 19.9 Å². The number of hydrogen-bond acceptors (Lipinski definition) is 3. The van der Waals surface area contributed by atoms with Crippen LogP contribution in [0.5, 0.6) is 5.75 Å². The zero-order chi connectivity index (χ0) is 15.3. The molecular formula is C17H27NO2. The van der Waals surface area contributed by atoms with Crippen molar-refractivity contribution in [3.05, 3.63) is 28.8 Å². The van der Waals surface area contributed by atoms with Crippen molar-refractivity contribution < 1.29 is 9.53 Å². The van der Waals surface area contributed by atoms with Gasteiger partial charge in [0, 0.05) is 6.42 Å². The highest BCUT2D eigenvalue weighted by molar-refractivity contribution is 6.00. The zero-order valence-electron chi connectivity index (χ0n) is 13.4. The highest BCUT2D eigenvalue weighted by Gasteiger charge is 2.21. The average molecular weight is 277 g/mol. The van der Waals surface area contributed by atoms with Crippen LogP contribution in [0.3, 0.4) is 0 Å². The van der Waals surface area contributed by atoms with Crippen LogP contribution in [0, 0.1) is 19.3 Å². The van der Waals surface area contributed by atoms with Crippen molar-refractivity contribution in [2.45, 2.75) is 47.0 Å². The van der Waals surface area contributed by atoms with E-state index in [0.29, 0.717) is 18.7 Å². The number of ether oxygens (including phenoxy) is 1. The number of benzene rings is 1. The monoisotopic (exact) mass is 277 g/mol. The normalized spacial score (nSPS) is 11.5. The molecule has 3 heteroatoms. The molecule has 0 atom stereocenters. The molecule has 0 aliphatic heterocycles. The van der Waals surface area contributed by atoms with Crippen molar-refractivity contribution in [2.24, 2.45) is 11.1 Å². The minimum atomic E-state index is 0.107. The van der Waals surface area contributed by atoms with Crippen LogP contribution in [0.1, 0.15) is 54.6 Å². The molecule has 0 radical (unpaired) electrons. The highest BCUT2D eigenvalue weighted by atomic mass is 16.5. The van der Waals surface area contributed by atoms with Crippen LogP contribution in [-0.2, 0) is 0 Å². The van der Waals surface area contributed by atoms with Gasteiger partial charge in [0.1, 0.15) is 5.75 Å². The molecule has 0 spiro atoms. The van der Waals surface area contributed by atoms with Crippen LogP contribution in [0.4, 0.5) is 0 Å². The minimum Gasteiger partial charge on any atom is -0.496 e. The molecule has 1 aromatic rings. The predicted octanol–water partition coefficient (Wildman–Crippen LogP) is 3.65. The van der Waals surface area contributed by atoms with Crippen LogP contribution >= 0.6 is 0 Å². The predicted molar refractivity (Wildman–Crippen MR) is 83.5 cm³/mol. The quantitative estimate of drug-likeness (QED) is 0.774. The van der Waals surface area contributed by atoms with E-state index < -0.39 is 0 Å². The number of ketones is 1. The van der Waals surface area contributed by atoms with Gasteiger partial charge < -0.3 is 10.5 Å². The van der Waals surface area contributed by atoms with E-state index in [1.807, 2.05) is 26.0 Å². The van der Waals surface area contributed by atoms with Gasteiger partial charge in [0.05, 0.1) is 12.7 Å². The Labute approximate surface area is 122 Å². The summed E-state index contributed by atoms with van der Waals surface area (Å²) in [7, 11) is 1.61. The first-order chi connectivity index (χ1) is 9.30. The molecule has 2 N–H and O–H groups in total. The molecule has 0 bridgehead atoms. The number of hydrogen-bond donors (Lipinski definition) is 1. The fourth-order valence-electron chi connectivity index (χ4n) is 2.54. The van der Waals surface area contributed by atoms with E-state index in [9.17, 15) is 4.79 Å². The first kappa shape index (κ1) is 16.7. The van der Waals surface area contributed by atoms with Crippen molar-refractivity contribution in [1.82, 2.24) is 0 Å². The number of Topliss-reactive ketones (excluding diaryl/α,β-unsaturated/α-hetero) is 1. The molecule has 0 unspecified atom stereocenters. The van der Waals surface area contributed by atoms with Crippen molar-refractivity contribution in [2.75, 3.05) is 13.7 Å². The fraction of sp³-hybridized carbons (Fsp3) is 0.588. The smallest absolute Gasteiger partial charge is 0.166 e. The molecule has 0 amide bonds. The Kier molecular flexibility index (Phi) is 5.75. The molecule has 3 nitrogen and oxygen atoms in total. The van der Waals surface area contributed by atoms with Crippen molar-refractivity contribution in [1.29, 1.82) is 0 Å². The van der Waals surface area contributed by atoms with Crippen LogP contribution in [0.15, 0.2) is 12.1 Å². The summed E-state index contributed by atoms with van der Waals surface area (Å²) in [4.78, 5) is 12.5. The summed E-state index contributed by atoms with van der Waals surface area (Å²) in [5.74, 6) is 0.841. The number of methoxy groups -OCH3 is 1. The second-order valence-electron chi connectivity index (χ2n) is 6.29. The standard InChI is InChI=1S/C17H27NO2/c1-12-10-13(2)16(15(11-12)20-5)14(19)6-7-17(3,4)8-9-18/h10-11H,6-9,18H2,1-5H3. The van der Waals surface area contributed by atoms with Gasteiger partial charge >= 0.3 is 0 Å². The van der Waals surface area contributed by atoms with Gasteiger partial charge in [-0.3, -0.25) is 4.79 Å². The molecule has 0 aliphatic carbocycles. The SMILES string of the molecule is COc1cc(C)cc(C)c1C(=O)CCC(C)(C)CCN. The Morgan fingerprint density at radius 1 is 1.25 bits per heavy atom. The molecule has 0 fully saturated rings. The Bertz CT molecular complexity index is 478. The third-order valence-corrected chi connectivity index (χ3v) is 3.79. The van der Waals surface area contributed by atoms with Crippen molar-refractivity contribution in [3.8, 4) is 5.75 Å². The second kappa shape index (κ2) is 6.89. The Balaban J connectivity index is 2.88. The van der Waals surface area contributed by atoms with Crippen molar-refractivity contribution in [3.63, 3.8) is 0 Å². The van der Waals surface area contributed by atoms with Gasteiger partial charge in [0.25, 0.3) is 0 Å². The summed E-state index contributed by atoms with van der Waals surface area (Å²) < 4.78 is 5.37. The average Bonchev–Trinajstić information content (AvgIpc) is 2.35. The van der Waals surface area contributed by atoms with E-state index in [1.165, 1.54) is 0 Å². The van der Waals surface area contributed by atoms with Gasteiger partial charge in [0.2, 0.25) is 0 Å². The molecule has 1 rings (SSSR count). The summed E-state index contributed by atoms with van der Waals surface area (Å²) in [5.41, 5.74) is 8.54. The third kappa shape index (κ3) is 4.34. The van der Waals surface area contributed by atoms with Crippen LogP contribution in [0.25, 0.3) is 0 Å². The molecular weight excluding hydrogens is 250 g/mol. The van der Waals surface area contributed by atoms with Gasteiger partial charge in [-0.25, -0.2) is 0 Å². The number of nitrogens with two attached hydrogens (primary N) is 1. The lowest BCUT2D eigenvalue weighted by molar-refractivity contribution is 0.0958. The lowest BCUT2D eigenvalue weighted by Crippen LogP contribution is -2.19. The maximum atomic E-state index is 12.5. The third-order valence-electron chi connectivity index (χ3n) is 3.79. The van der Waals surface area contributed by atoms with Gasteiger partial charge in [0.15, 0.2) is 5.78 Å². The number of rotatable bonds is 7. The van der Waals surface area contributed by atoms with E-state index in [0.717, 1.165) is 29.5 Å². The Hall–Kier alpha value is -1.35. The molecule has 0 saturated carbocycles. The second-order valence-corrected chi connectivity index (χ2v) is 6.29. The summed E-state index contributed by atoms with van der Waals surface area (Å²) >= 11 is 0. The molecule has 20 heavy (non-hydrogen) atoms. The van der Waals surface area contributed by atoms with E-state index in [2.05, 4.69) is 13.8 Å². The Morgan fingerprint density at radius 3 is 2.45 bits per heavy atom. The number of aryl methyl sites for hydroxylation is 2. The number of carbonyl (C=O) groups excluding carboxylic acids is 1. The number of carbonyl (C=O) groups is 1.